The van der Waals surface area contributed by atoms with Gasteiger partial charge in [0.1, 0.15) is 0 Å². The van der Waals surface area contributed by atoms with E-state index < -0.39 is 17.9 Å². The van der Waals surface area contributed by atoms with Crippen molar-refractivity contribution in [2.24, 2.45) is 0 Å². The molecule has 1 aromatic carbocycles. The molecule has 0 saturated carbocycles. The third-order valence-electron chi connectivity index (χ3n) is 2.65. The highest BCUT2D eigenvalue weighted by Crippen LogP contribution is 2.39. The van der Waals surface area contributed by atoms with Crippen molar-refractivity contribution in [3.63, 3.8) is 0 Å². The van der Waals surface area contributed by atoms with Crippen LogP contribution in [-0.4, -0.2) is 28.0 Å². The molecule has 1 aromatic heterocycles. The highest BCUT2D eigenvalue weighted by atomic mass is 32.2. The first-order valence-electron chi connectivity index (χ1n) is 6.49. The van der Waals surface area contributed by atoms with Gasteiger partial charge in [0.2, 0.25) is 0 Å². The van der Waals surface area contributed by atoms with Crippen LogP contribution in [0.3, 0.4) is 0 Å². The topological polar surface area (TPSA) is 103 Å². The minimum Gasteiger partial charge on any atom is -0.476 e. The Labute approximate surface area is 145 Å². The first-order valence-corrected chi connectivity index (χ1v) is 8.29. The van der Waals surface area contributed by atoms with Gasteiger partial charge in [0.25, 0.3) is 0 Å². The monoisotopic (exact) mass is 366 g/mol. The lowest BCUT2D eigenvalue weighted by Crippen LogP contribution is -2.07. The molecule has 0 unspecified atom stereocenters. The molecule has 125 valence electrons. The number of aromatic nitrogens is 1. The molecule has 7 nitrogen and oxygen atoms in total. The van der Waals surface area contributed by atoms with Crippen molar-refractivity contribution in [1.29, 1.82) is 0 Å². The number of carbonyl (C=O) groups is 3. The van der Waals surface area contributed by atoms with Gasteiger partial charge in [-0.25, -0.2) is 9.78 Å². The molecule has 0 saturated heterocycles. The Hall–Kier alpha value is -2.39. The first kappa shape index (κ1) is 18.0. The number of carboxylic acids is 1. The number of carboxylic acid groups (broad SMARTS) is 1. The van der Waals surface area contributed by atoms with Gasteiger partial charge >= 0.3 is 17.9 Å². The Bertz CT molecular complexity index is 814. The SMILES string of the molecule is [CH2]Sc1nc(C(=O)O)c(-c2ccc(OC(C)=O)c(OC(C)=O)c2)s1. The quantitative estimate of drug-likeness (QED) is 0.489. The predicted molar refractivity (Wildman–Crippen MR) is 88.3 cm³/mol. The van der Waals surface area contributed by atoms with Crippen molar-refractivity contribution < 1.29 is 29.0 Å². The summed E-state index contributed by atoms with van der Waals surface area (Å²) in [6.45, 7) is 2.42. The van der Waals surface area contributed by atoms with Gasteiger partial charge in [-0.3, -0.25) is 9.59 Å². The molecule has 9 heteroatoms. The van der Waals surface area contributed by atoms with Crippen LogP contribution in [0.5, 0.6) is 11.5 Å². The van der Waals surface area contributed by atoms with Crippen LogP contribution in [0.4, 0.5) is 0 Å². The molecule has 0 aliphatic heterocycles. The van der Waals surface area contributed by atoms with Crippen LogP contribution in [-0.2, 0) is 9.59 Å². The molecule has 0 spiro atoms. The summed E-state index contributed by atoms with van der Waals surface area (Å²) in [6.07, 6.45) is 3.61. The average molecular weight is 366 g/mol. The Kier molecular flexibility index (Phi) is 5.58. The lowest BCUT2D eigenvalue weighted by atomic mass is 10.1. The van der Waals surface area contributed by atoms with Crippen LogP contribution in [0.25, 0.3) is 10.4 Å². The largest absolute Gasteiger partial charge is 0.476 e. The number of ether oxygens (including phenoxy) is 2. The molecule has 0 aliphatic rings. The molecule has 0 bridgehead atoms. The van der Waals surface area contributed by atoms with E-state index in [4.69, 9.17) is 9.47 Å². The van der Waals surface area contributed by atoms with Crippen molar-refractivity contribution in [1.82, 2.24) is 4.98 Å². The fourth-order valence-corrected chi connectivity index (χ4v) is 3.25. The molecule has 2 aromatic rings. The number of benzene rings is 1. The van der Waals surface area contributed by atoms with E-state index in [-0.39, 0.29) is 17.2 Å². The second kappa shape index (κ2) is 7.45. The Morgan fingerprint density at radius 3 is 2.33 bits per heavy atom. The van der Waals surface area contributed by atoms with Crippen molar-refractivity contribution in [2.45, 2.75) is 18.2 Å². The number of hydrogen-bond acceptors (Lipinski definition) is 8. The van der Waals surface area contributed by atoms with E-state index in [2.05, 4.69) is 11.2 Å². The van der Waals surface area contributed by atoms with Crippen LogP contribution in [0.15, 0.2) is 22.5 Å². The third-order valence-corrected chi connectivity index (χ3v) is 4.49. The predicted octanol–water partition coefficient (Wildman–Crippen LogP) is 3.24. The number of thioether (sulfide) groups is 1. The van der Waals surface area contributed by atoms with E-state index in [1.807, 2.05) is 0 Å². The zero-order chi connectivity index (χ0) is 17.9. The number of hydrogen-bond donors (Lipinski definition) is 1. The molecule has 24 heavy (non-hydrogen) atoms. The van der Waals surface area contributed by atoms with E-state index in [0.29, 0.717) is 14.8 Å². The highest BCUT2D eigenvalue weighted by molar-refractivity contribution is 8.02. The van der Waals surface area contributed by atoms with Gasteiger partial charge in [-0.1, -0.05) is 11.8 Å². The van der Waals surface area contributed by atoms with Gasteiger partial charge in [0.15, 0.2) is 21.5 Å². The molecule has 0 fully saturated rings. The zero-order valence-electron chi connectivity index (χ0n) is 12.7. The first-order chi connectivity index (χ1) is 11.3. The maximum Gasteiger partial charge on any atom is 0.356 e. The third kappa shape index (κ3) is 4.12. The summed E-state index contributed by atoms with van der Waals surface area (Å²) in [5, 5.41) is 9.28. The molecule has 1 N–H and O–H groups in total. The number of esters is 2. The summed E-state index contributed by atoms with van der Waals surface area (Å²) in [5.74, 6) is -2.27. The molecule has 0 amide bonds. The Morgan fingerprint density at radius 2 is 1.79 bits per heavy atom. The lowest BCUT2D eigenvalue weighted by Gasteiger charge is -2.10. The molecule has 2 rings (SSSR count). The second-order valence-electron chi connectivity index (χ2n) is 4.46. The standard InChI is InChI=1S/C15H12NO6S2/c1-7(17)21-10-5-4-9(6-11(10)22-8(2)18)13-12(14(19)20)16-15(23-3)24-13/h4-6H,3H2,1-2H3,(H,19,20). The molecule has 1 radical (unpaired) electrons. The maximum absolute atomic E-state index is 11.4. The van der Waals surface area contributed by atoms with Crippen molar-refractivity contribution in [3.8, 4) is 21.9 Å². The van der Waals surface area contributed by atoms with Crippen LogP contribution in [0.2, 0.25) is 0 Å². The van der Waals surface area contributed by atoms with Crippen LogP contribution in [0, 0.1) is 6.26 Å². The van der Waals surface area contributed by atoms with Gasteiger partial charge in [0.05, 0.1) is 4.88 Å². The Balaban J connectivity index is 2.55. The minimum absolute atomic E-state index is 0.0174. The van der Waals surface area contributed by atoms with E-state index in [0.717, 1.165) is 23.1 Å². The summed E-state index contributed by atoms with van der Waals surface area (Å²) in [6, 6.07) is 4.41. The van der Waals surface area contributed by atoms with E-state index in [1.54, 1.807) is 6.07 Å². The minimum atomic E-state index is -1.18. The van der Waals surface area contributed by atoms with Crippen molar-refractivity contribution in [3.05, 3.63) is 30.1 Å². The smallest absolute Gasteiger partial charge is 0.356 e. The summed E-state index contributed by atoms with van der Waals surface area (Å²) in [5.41, 5.74) is 0.345. The average Bonchev–Trinajstić information content (AvgIpc) is 2.92. The molecular formula is C15H12NO6S2. The number of carbonyl (C=O) groups excluding carboxylic acids is 2. The molecular weight excluding hydrogens is 354 g/mol. The Morgan fingerprint density at radius 1 is 1.17 bits per heavy atom. The summed E-state index contributed by atoms with van der Waals surface area (Å²) in [7, 11) is 0. The van der Waals surface area contributed by atoms with E-state index >= 15 is 0 Å². The summed E-state index contributed by atoms with van der Waals surface area (Å²) in [4.78, 5) is 38.1. The van der Waals surface area contributed by atoms with Crippen LogP contribution >= 0.6 is 23.1 Å². The van der Waals surface area contributed by atoms with Crippen molar-refractivity contribution >= 4 is 41.0 Å². The fraction of sp³-hybridized carbons (Fsp3) is 0.133. The number of nitrogens with zero attached hydrogens (tertiary/aromatic N) is 1. The van der Waals surface area contributed by atoms with Crippen molar-refractivity contribution in [2.75, 3.05) is 0 Å². The lowest BCUT2D eigenvalue weighted by molar-refractivity contribution is -0.134. The fourth-order valence-electron chi connectivity index (χ4n) is 1.83. The van der Waals surface area contributed by atoms with E-state index in [9.17, 15) is 19.5 Å². The maximum atomic E-state index is 11.4. The van der Waals surface area contributed by atoms with Gasteiger partial charge in [-0.2, -0.15) is 0 Å². The second-order valence-corrected chi connectivity index (χ2v) is 6.39. The summed E-state index contributed by atoms with van der Waals surface area (Å²) < 4.78 is 10.5. The molecule has 1 heterocycles. The molecule has 0 atom stereocenters. The van der Waals surface area contributed by atoms with Gasteiger partial charge in [-0.05, 0) is 23.8 Å². The number of thiazole rings is 1. The summed E-state index contributed by atoms with van der Waals surface area (Å²) >= 11 is 2.23. The number of rotatable bonds is 5. The van der Waals surface area contributed by atoms with Gasteiger partial charge in [0, 0.05) is 20.1 Å². The van der Waals surface area contributed by atoms with Crippen LogP contribution in [0.1, 0.15) is 24.3 Å². The number of aromatic carboxylic acids is 1. The van der Waals surface area contributed by atoms with Gasteiger partial charge < -0.3 is 14.6 Å². The normalized spacial score (nSPS) is 10.3. The van der Waals surface area contributed by atoms with Crippen LogP contribution < -0.4 is 9.47 Å². The van der Waals surface area contributed by atoms with E-state index in [1.165, 1.54) is 26.0 Å². The molecule has 0 aliphatic carbocycles. The highest BCUT2D eigenvalue weighted by Gasteiger charge is 2.21. The zero-order valence-corrected chi connectivity index (χ0v) is 14.3. The van der Waals surface area contributed by atoms with Gasteiger partial charge in [-0.15, -0.1) is 11.3 Å².